The highest BCUT2D eigenvalue weighted by Gasteiger charge is 2.20. The summed E-state index contributed by atoms with van der Waals surface area (Å²) in [7, 11) is 0. The van der Waals surface area contributed by atoms with Gasteiger partial charge in [-0.2, -0.15) is 0 Å². The van der Waals surface area contributed by atoms with Crippen molar-refractivity contribution in [2.75, 3.05) is 11.9 Å². The minimum absolute atomic E-state index is 0.123. The van der Waals surface area contributed by atoms with Crippen molar-refractivity contribution in [3.63, 3.8) is 0 Å². The maximum Gasteiger partial charge on any atom is 0.338 e. The number of nitrogens with one attached hydrogen (secondary N) is 1. The third-order valence-corrected chi connectivity index (χ3v) is 4.81. The van der Waals surface area contributed by atoms with Crippen LogP contribution in [0.2, 0.25) is 0 Å². The largest absolute Gasteiger partial charge is 0.505 e. The molecule has 2 aromatic heterocycles. The second-order valence-electron chi connectivity index (χ2n) is 6.74. The summed E-state index contributed by atoms with van der Waals surface area (Å²) in [6.45, 7) is 2.11. The Hall–Kier alpha value is -3.93. The summed E-state index contributed by atoms with van der Waals surface area (Å²) in [6.07, 6.45) is 5.12. The van der Waals surface area contributed by atoms with Crippen LogP contribution in [0.4, 0.5) is 5.69 Å². The van der Waals surface area contributed by atoms with E-state index in [4.69, 9.17) is 4.74 Å². The van der Waals surface area contributed by atoms with Gasteiger partial charge in [0.1, 0.15) is 11.3 Å². The number of aromatic hydroxyl groups is 1. The molecule has 4 rings (SSSR count). The molecule has 2 aromatic carbocycles. The molecule has 30 heavy (non-hydrogen) atoms. The second kappa shape index (κ2) is 8.61. The first-order valence-electron chi connectivity index (χ1n) is 9.67. The van der Waals surface area contributed by atoms with E-state index in [-0.39, 0.29) is 17.8 Å². The van der Waals surface area contributed by atoms with E-state index in [1.54, 1.807) is 37.6 Å². The number of pyridine rings is 2. The van der Waals surface area contributed by atoms with Crippen molar-refractivity contribution in [1.82, 2.24) is 9.97 Å². The zero-order valence-corrected chi connectivity index (χ0v) is 16.4. The maximum atomic E-state index is 11.9. The minimum Gasteiger partial charge on any atom is -0.505 e. The highest BCUT2D eigenvalue weighted by atomic mass is 16.5. The van der Waals surface area contributed by atoms with E-state index >= 15 is 0 Å². The number of phenols is 1. The topological polar surface area (TPSA) is 84.3 Å². The highest BCUT2D eigenvalue weighted by molar-refractivity contribution is 5.90. The number of benzene rings is 2. The van der Waals surface area contributed by atoms with Crippen molar-refractivity contribution in [2.24, 2.45) is 0 Å². The van der Waals surface area contributed by atoms with Gasteiger partial charge in [-0.1, -0.05) is 24.3 Å². The van der Waals surface area contributed by atoms with E-state index < -0.39 is 0 Å². The van der Waals surface area contributed by atoms with Crippen molar-refractivity contribution < 1.29 is 14.6 Å². The van der Waals surface area contributed by atoms with Crippen molar-refractivity contribution in [3.8, 4) is 5.75 Å². The Bertz CT molecular complexity index is 1160. The number of esters is 1. The predicted molar refractivity (Wildman–Crippen MR) is 116 cm³/mol. The summed E-state index contributed by atoms with van der Waals surface area (Å²) in [5, 5.41) is 15.2. The molecule has 2 heterocycles. The molecular formula is C24H21N3O3. The Morgan fingerprint density at radius 2 is 1.87 bits per heavy atom. The number of aromatic nitrogens is 2. The summed E-state index contributed by atoms with van der Waals surface area (Å²) in [4.78, 5) is 20.5. The van der Waals surface area contributed by atoms with Gasteiger partial charge < -0.3 is 15.2 Å². The number of carbonyl (C=O) groups excluding carboxylic acids is 1. The molecule has 0 aliphatic rings. The van der Waals surface area contributed by atoms with Gasteiger partial charge in [0.2, 0.25) is 0 Å². The maximum absolute atomic E-state index is 11.9. The fourth-order valence-corrected chi connectivity index (χ4v) is 3.35. The number of anilines is 1. The number of rotatable bonds is 6. The molecule has 0 unspecified atom stereocenters. The molecular weight excluding hydrogens is 378 g/mol. The van der Waals surface area contributed by atoms with Crippen LogP contribution in [0, 0.1) is 0 Å². The quantitative estimate of drug-likeness (QED) is 0.457. The molecule has 1 atom stereocenters. The van der Waals surface area contributed by atoms with Crippen LogP contribution in [0.3, 0.4) is 0 Å². The molecule has 6 nitrogen and oxygen atoms in total. The van der Waals surface area contributed by atoms with E-state index in [1.165, 1.54) is 0 Å². The Morgan fingerprint density at radius 3 is 2.60 bits per heavy atom. The molecule has 150 valence electrons. The third kappa shape index (κ3) is 3.93. The first kappa shape index (κ1) is 19.4. The van der Waals surface area contributed by atoms with Crippen LogP contribution < -0.4 is 5.32 Å². The molecule has 0 radical (unpaired) electrons. The lowest BCUT2D eigenvalue weighted by Gasteiger charge is -2.22. The van der Waals surface area contributed by atoms with E-state index in [2.05, 4.69) is 15.3 Å². The smallest absolute Gasteiger partial charge is 0.338 e. The molecule has 0 aliphatic carbocycles. The van der Waals surface area contributed by atoms with Crippen LogP contribution in [0.25, 0.3) is 10.9 Å². The Kier molecular flexibility index (Phi) is 5.57. The fourth-order valence-electron chi connectivity index (χ4n) is 3.35. The average molecular weight is 399 g/mol. The zero-order chi connectivity index (χ0) is 20.9. The van der Waals surface area contributed by atoms with Gasteiger partial charge in [0.25, 0.3) is 0 Å². The number of ether oxygens (including phenoxy) is 1. The summed E-state index contributed by atoms with van der Waals surface area (Å²) in [5.41, 5.74) is 3.39. The number of hydrogen-bond acceptors (Lipinski definition) is 6. The molecule has 0 fully saturated rings. The van der Waals surface area contributed by atoms with Crippen LogP contribution in [0.5, 0.6) is 5.75 Å². The number of phenolic OH excluding ortho intramolecular Hbond substituents is 1. The van der Waals surface area contributed by atoms with E-state index in [0.717, 1.165) is 16.6 Å². The Balaban J connectivity index is 1.72. The second-order valence-corrected chi connectivity index (χ2v) is 6.74. The molecule has 6 heteroatoms. The molecule has 0 amide bonds. The normalized spacial score (nSPS) is 11.8. The fraction of sp³-hybridized carbons (Fsp3) is 0.125. The first-order valence-corrected chi connectivity index (χ1v) is 9.67. The summed E-state index contributed by atoms with van der Waals surface area (Å²) >= 11 is 0. The van der Waals surface area contributed by atoms with Gasteiger partial charge in [0.15, 0.2) is 0 Å². The molecule has 0 bridgehead atoms. The van der Waals surface area contributed by atoms with Gasteiger partial charge in [-0.3, -0.25) is 9.97 Å². The molecule has 0 saturated heterocycles. The van der Waals surface area contributed by atoms with E-state index in [9.17, 15) is 9.90 Å². The van der Waals surface area contributed by atoms with Gasteiger partial charge in [-0.25, -0.2) is 4.79 Å². The minimum atomic E-state index is -0.362. The van der Waals surface area contributed by atoms with Gasteiger partial charge in [-0.05, 0) is 48.9 Å². The standard InChI is InChI=1S/C24H21N3O3/c1-2-30-24(29)17-7-10-19(11-8-17)27-21(18-6-3-13-25-15-18)20-12-9-16-5-4-14-26-22(16)23(20)28/h3-15,21,27-28H,2H2,1H3/t21-/m0/s1. The van der Waals surface area contributed by atoms with Gasteiger partial charge in [0, 0.05) is 35.2 Å². The lowest BCUT2D eigenvalue weighted by Crippen LogP contribution is -2.13. The summed E-state index contributed by atoms with van der Waals surface area (Å²) < 4.78 is 5.04. The lowest BCUT2D eigenvalue weighted by atomic mass is 9.97. The van der Waals surface area contributed by atoms with E-state index in [1.807, 2.05) is 48.5 Å². The number of fused-ring (bicyclic) bond motifs is 1. The zero-order valence-electron chi connectivity index (χ0n) is 16.4. The number of carbonyl (C=O) groups is 1. The van der Waals surface area contributed by atoms with Crippen LogP contribution in [0.15, 0.2) is 79.3 Å². The number of nitrogens with zero attached hydrogens (tertiary/aromatic N) is 2. The van der Waals surface area contributed by atoms with Crippen molar-refractivity contribution in [2.45, 2.75) is 13.0 Å². The summed E-state index contributed by atoms with van der Waals surface area (Å²) in [5.74, 6) is -0.233. The van der Waals surface area contributed by atoms with Crippen LogP contribution >= 0.6 is 0 Å². The van der Waals surface area contributed by atoms with Crippen LogP contribution in [-0.4, -0.2) is 27.7 Å². The Morgan fingerprint density at radius 1 is 1.07 bits per heavy atom. The molecule has 0 aliphatic heterocycles. The highest BCUT2D eigenvalue weighted by Crippen LogP contribution is 2.36. The van der Waals surface area contributed by atoms with E-state index in [0.29, 0.717) is 23.3 Å². The average Bonchev–Trinajstić information content (AvgIpc) is 2.79. The SMILES string of the molecule is CCOC(=O)c1ccc(N[C@@H](c2cccnc2)c2ccc3cccnc3c2O)cc1. The van der Waals surface area contributed by atoms with Crippen molar-refractivity contribution >= 4 is 22.6 Å². The molecule has 0 saturated carbocycles. The number of hydrogen-bond donors (Lipinski definition) is 2. The lowest BCUT2D eigenvalue weighted by molar-refractivity contribution is 0.0526. The van der Waals surface area contributed by atoms with Crippen LogP contribution in [-0.2, 0) is 4.74 Å². The van der Waals surface area contributed by atoms with Gasteiger partial charge in [-0.15, -0.1) is 0 Å². The van der Waals surface area contributed by atoms with Gasteiger partial charge in [0.05, 0.1) is 18.2 Å². The van der Waals surface area contributed by atoms with Gasteiger partial charge >= 0.3 is 5.97 Å². The molecule has 2 N–H and O–H groups in total. The van der Waals surface area contributed by atoms with Crippen molar-refractivity contribution in [3.05, 3.63) is 95.9 Å². The monoisotopic (exact) mass is 399 g/mol. The first-order chi connectivity index (χ1) is 14.7. The van der Waals surface area contributed by atoms with Crippen LogP contribution in [0.1, 0.15) is 34.5 Å². The predicted octanol–water partition coefficient (Wildman–Crippen LogP) is 4.71. The molecule has 4 aromatic rings. The summed E-state index contributed by atoms with van der Waals surface area (Å²) in [6, 6.07) is 18.0. The Labute approximate surface area is 174 Å². The molecule has 0 spiro atoms. The van der Waals surface area contributed by atoms with Crippen molar-refractivity contribution in [1.29, 1.82) is 0 Å². The third-order valence-electron chi connectivity index (χ3n) is 4.81.